The number of nitrogens with one attached hydrogen (secondary N) is 2. The lowest BCUT2D eigenvalue weighted by atomic mass is 10.1. The van der Waals surface area contributed by atoms with Gasteiger partial charge in [-0.25, -0.2) is 14.8 Å². The van der Waals surface area contributed by atoms with Crippen LogP contribution >= 0.6 is 0 Å². The Kier molecular flexibility index (Phi) is 4.30. The Balaban J connectivity index is 1.66. The number of fused-ring (bicyclic) bond motifs is 4. The maximum Gasteiger partial charge on any atom is 0.329 e. The molecule has 2 aliphatic heterocycles. The normalized spacial score (nSPS) is 17.1. The fourth-order valence-corrected chi connectivity index (χ4v) is 3.41. The minimum absolute atomic E-state index is 0.0221. The summed E-state index contributed by atoms with van der Waals surface area (Å²) in [5.41, 5.74) is 0.985. The largest absolute Gasteiger partial charge is 0.366 e. The molecule has 1 atom stereocenters. The Morgan fingerprint density at radius 1 is 1.30 bits per heavy atom. The van der Waals surface area contributed by atoms with Crippen molar-refractivity contribution in [2.24, 2.45) is 0 Å². The summed E-state index contributed by atoms with van der Waals surface area (Å²) in [6.07, 6.45) is 2.43. The molecule has 2 aromatic heterocycles. The second-order valence-electron chi connectivity index (χ2n) is 6.28. The molecule has 9 nitrogen and oxygen atoms in total. The summed E-state index contributed by atoms with van der Waals surface area (Å²) >= 11 is 0. The van der Waals surface area contributed by atoms with Crippen LogP contribution in [0.2, 0.25) is 0 Å². The van der Waals surface area contributed by atoms with E-state index >= 15 is 0 Å². The van der Waals surface area contributed by atoms with Crippen LogP contribution in [0.3, 0.4) is 0 Å². The van der Waals surface area contributed by atoms with Crippen molar-refractivity contribution >= 4 is 29.3 Å². The van der Waals surface area contributed by atoms with Gasteiger partial charge in [-0.1, -0.05) is 6.07 Å². The van der Waals surface area contributed by atoms with Gasteiger partial charge in [-0.15, -0.1) is 0 Å². The molecule has 27 heavy (non-hydrogen) atoms. The second kappa shape index (κ2) is 6.92. The number of pyridine rings is 2. The Labute approximate surface area is 155 Å². The number of carbonyl (C=O) groups is 2. The first-order valence-electron chi connectivity index (χ1n) is 8.60. The quantitative estimate of drug-likeness (QED) is 0.796. The van der Waals surface area contributed by atoms with E-state index in [2.05, 4.69) is 25.5 Å². The molecule has 4 heterocycles. The van der Waals surface area contributed by atoms with Crippen LogP contribution in [-0.4, -0.2) is 47.6 Å². The van der Waals surface area contributed by atoms with Gasteiger partial charge in [-0.2, -0.15) is 5.26 Å². The molecule has 0 spiro atoms. The number of rotatable bonds is 3. The van der Waals surface area contributed by atoms with Crippen molar-refractivity contribution in [3.8, 4) is 6.07 Å². The zero-order valence-corrected chi connectivity index (χ0v) is 14.4. The van der Waals surface area contributed by atoms with Crippen molar-refractivity contribution in [3.63, 3.8) is 0 Å². The van der Waals surface area contributed by atoms with E-state index in [0.29, 0.717) is 11.6 Å². The zero-order chi connectivity index (χ0) is 18.8. The number of aromatic nitrogens is 2. The number of hydrogen-bond acceptors (Lipinski definition) is 6. The summed E-state index contributed by atoms with van der Waals surface area (Å²) in [6, 6.07) is 10.2. The third-order valence-electron chi connectivity index (χ3n) is 4.63. The summed E-state index contributed by atoms with van der Waals surface area (Å²) in [6.45, 7) is 1.45. The van der Waals surface area contributed by atoms with Gasteiger partial charge < -0.3 is 10.2 Å². The first-order valence-corrected chi connectivity index (χ1v) is 8.60. The number of anilines is 3. The van der Waals surface area contributed by atoms with Crippen LogP contribution in [0, 0.1) is 11.3 Å². The monoisotopic (exact) mass is 363 g/mol. The van der Waals surface area contributed by atoms with E-state index in [0.717, 1.165) is 25.2 Å². The Morgan fingerprint density at radius 2 is 2.19 bits per heavy atom. The Morgan fingerprint density at radius 3 is 2.96 bits per heavy atom. The molecule has 2 aliphatic rings. The van der Waals surface area contributed by atoms with Crippen molar-refractivity contribution in [1.82, 2.24) is 15.3 Å². The summed E-state index contributed by atoms with van der Waals surface area (Å²) in [4.78, 5) is 37.4. The van der Waals surface area contributed by atoms with Gasteiger partial charge in [0, 0.05) is 19.3 Å². The highest BCUT2D eigenvalue weighted by Gasteiger charge is 2.40. The summed E-state index contributed by atoms with van der Waals surface area (Å²) in [5.74, 6) is 0.450. The lowest BCUT2D eigenvalue weighted by Crippen LogP contribution is -2.48. The predicted octanol–water partition coefficient (Wildman–Crippen LogP) is 1.36. The van der Waals surface area contributed by atoms with E-state index in [9.17, 15) is 9.59 Å². The van der Waals surface area contributed by atoms with Gasteiger partial charge in [0.05, 0.1) is 17.8 Å². The maximum atomic E-state index is 12.9. The molecule has 1 saturated heterocycles. The molecule has 0 aliphatic carbocycles. The molecular formula is C18H17N7O2. The lowest BCUT2D eigenvalue weighted by molar-refractivity contribution is 0.0953. The highest BCUT2D eigenvalue weighted by atomic mass is 16.2. The first-order chi connectivity index (χ1) is 13.2. The van der Waals surface area contributed by atoms with Crippen LogP contribution < -0.4 is 20.4 Å². The van der Waals surface area contributed by atoms with Crippen molar-refractivity contribution < 1.29 is 9.59 Å². The van der Waals surface area contributed by atoms with Gasteiger partial charge in [0.15, 0.2) is 5.82 Å². The van der Waals surface area contributed by atoms with Gasteiger partial charge in [-0.3, -0.25) is 15.0 Å². The van der Waals surface area contributed by atoms with Gasteiger partial charge in [-0.05, 0) is 30.7 Å². The number of urea groups is 1. The van der Waals surface area contributed by atoms with Crippen LogP contribution in [0.5, 0.6) is 0 Å². The minimum Gasteiger partial charge on any atom is -0.366 e. The van der Waals surface area contributed by atoms with E-state index < -0.39 is 5.91 Å². The standard InChI is InChI=1S/C18H17N7O2/c19-7-9-21-17(26)13-4-5-14-16(22-13)25(12-6-10-24(14)11-12)18(27)23-15-3-1-2-8-20-15/h1-5,8,12H,6,9-11H2,(H,21,26)(H,20,23,27)/t12-/m0/s1. The predicted molar refractivity (Wildman–Crippen MR) is 98.5 cm³/mol. The fourth-order valence-electron chi connectivity index (χ4n) is 3.41. The Hall–Kier alpha value is -3.67. The zero-order valence-electron chi connectivity index (χ0n) is 14.4. The van der Waals surface area contributed by atoms with E-state index in [1.54, 1.807) is 41.4 Å². The smallest absolute Gasteiger partial charge is 0.329 e. The van der Waals surface area contributed by atoms with Crippen LogP contribution in [-0.2, 0) is 0 Å². The highest BCUT2D eigenvalue weighted by Crippen LogP contribution is 2.39. The molecule has 0 saturated carbocycles. The van der Waals surface area contributed by atoms with Crippen LogP contribution in [0.4, 0.5) is 22.1 Å². The number of carbonyl (C=O) groups excluding carboxylic acids is 2. The van der Waals surface area contributed by atoms with Crippen molar-refractivity contribution in [3.05, 3.63) is 42.2 Å². The van der Waals surface area contributed by atoms with E-state index in [4.69, 9.17) is 5.26 Å². The lowest BCUT2D eigenvalue weighted by Gasteiger charge is -2.35. The van der Waals surface area contributed by atoms with Gasteiger partial charge in [0.2, 0.25) is 0 Å². The van der Waals surface area contributed by atoms with Crippen molar-refractivity contribution in [2.45, 2.75) is 12.5 Å². The van der Waals surface area contributed by atoms with Crippen molar-refractivity contribution in [1.29, 1.82) is 5.26 Å². The number of nitriles is 1. The van der Waals surface area contributed by atoms with E-state index in [-0.39, 0.29) is 24.3 Å². The Bertz CT molecular complexity index is 925. The summed E-state index contributed by atoms with van der Waals surface area (Å²) in [7, 11) is 0. The fraction of sp³-hybridized carbons (Fsp3) is 0.278. The molecule has 9 heteroatoms. The third-order valence-corrected chi connectivity index (χ3v) is 4.63. The molecule has 0 aromatic carbocycles. The minimum atomic E-state index is -0.447. The first kappa shape index (κ1) is 16.8. The molecule has 2 aromatic rings. The van der Waals surface area contributed by atoms with Crippen LogP contribution in [0.15, 0.2) is 36.5 Å². The second-order valence-corrected chi connectivity index (χ2v) is 6.28. The van der Waals surface area contributed by atoms with Gasteiger partial charge in [0.1, 0.15) is 18.1 Å². The molecule has 2 bridgehead atoms. The molecule has 0 radical (unpaired) electrons. The molecule has 4 rings (SSSR count). The highest BCUT2D eigenvalue weighted by molar-refractivity contribution is 6.05. The summed E-state index contributed by atoms with van der Waals surface area (Å²) < 4.78 is 0. The number of hydrogen-bond donors (Lipinski definition) is 2. The number of nitrogens with zero attached hydrogens (tertiary/aromatic N) is 5. The molecule has 1 fully saturated rings. The average molecular weight is 363 g/mol. The summed E-state index contributed by atoms with van der Waals surface area (Å²) in [5, 5.41) is 13.9. The van der Waals surface area contributed by atoms with Crippen molar-refractivity contribution in [2.75, 3.05) is 34.8 Å². The number of amides is 3. The molecular weight excluding hydrogens is 346 g/mol. The molecule has 136 valence electrons. The average Bonchev–Trinajstić information content (AvgIpc) is 3.11. The van der Waals surface area contributed by atoms with E-state index in [1.807, 2.05) is 6.07 Å². The van der Waals surface area contributed by atoms with Crippen LogP contribution in [0.25, 0.3) is 0 Å². The molecule has 2 N–H and O–H groups in total. The van der Waals surface area contributed by atoms with Gasteiger partial charge in [0.25, 0.3) is 5.91 Å². The maximum absolute atomic E-state index is 12.9. The molecule has 0 unspecified atom stereocenters. The molecule has 3 amide bonds. The topological polar surface area (TPSA) is 114 Å². The van der Waals surface area contributed by atoms with Crippen LogP contribution in [0.1, 0.15) is 16.9 Å². The van der Waals surface area contributed by atoms with E-state index in [1.165, 1.54) is 0 Å². The third kappa shape index (κ3) is 3.13. The SMILES string of the molecule is N#CCNC(=O)c1ccc2c(n1)N(C(=O)Nc1ccccn1)[C@H]1CCN2C1. The van der Waals surface area contributed by atoms with Gasteiger partial charge >= 0.3 is 6.03 Å².